The molecule has 0 unspecified atom stereocenters. The quantitative estimate of drug-likeness (QED) is 0.705. The lowest BCUT2D eigenvalue weighted by Crippen LogP contribution is -2.50. The van der Waals surface area contributed by atoms with Crippen LogP contribution in [0.1, 0.15) is 46.5 Å². The Balaban J connectivity index is 2.41. The topological polar surface area (TPSA) is 55.1 Å². The van der Waals surface area contributed by atoms with Crippen LogP contribution in [0.2, 0.25) is 0 Å². The summed E-state index contributed by atoms with van der Waals surface area (Å²) < 4.78 is 0. The van der Waals surface area contributed by atoms with Gasteiger partial charge in [0.1, 0.15) is 0 Å². The standard InChI is InChI=1S/C11H22N2O/c1-11(2,3)9(12)10(14)13-8-6-4-5-7-8/h8-9H,4-7,12H2,1-3H3,(H,13,14)/t9-/m1/s1. The molecular weight excluding hydrogens is 176 g/mol. The van der Waals surface area contributed by atoms with Crippen molar-refractivity contribution < 1.29 is 4.79 Å². The average Bonchev–Trinajstić information content (AvgIpc) is 2.53. The van der Waals surface area contributed by atoms with E-state index >= 15 is 0 Å². The first kappa shape index (κ1) is 11.5. The van der Waals surface area contributed by atoms with E-state index in [0.29, 0.717) is 6.04 Å². The largest absolute Gasteiger partial charge is 0.352 e. The fourth-order valence-corrected chi connectivity index (χ4v) is 1.75. The third kappa shape index (κ3) is 2.98. The van der Waals surface area contributed by atoms with Crippen LogP contribution in [0, 0.1) is 5.41 Å². The van der Waals surface area contributed by atoms with Crippen LogP contribution in [0.15, 0.2) is 0 Å². The molecule has 0 heterocycles. The van der Waals surface area contributed by atoms with E-state index < -0.39 is 6.04 Å². The van der Waals surface area contributed by atoms with Crippen LogP contribution >= 0.6 is 0 Å². The first-order valence-corrected chi connectivity index (χ1v) is 5.47. The maximum absolute atomic E-state index is 11.7. The van der Waals surface area contributed by atoms with Gasteiger partial charge in [0.2, 0.25) is 5.91 Å². The highest BCUT2D eigenvalue weighted by Crippen LogP contribution is 2.20. The summed E-state index contributed by atoms with van der Waals surface area (Å²) in [5, 5.41) is 3.02. The molecule has 3 heteroatoms. The summed E-state index contributed by atoms with van der Waals surface area (Å²) in [6, 6.07) is -0.0287. The molecule has 14 heavy (non-hydrogen) atoms. The minimum absolute atomic E-state index is 0.00407. The van der Waals surface area contributed by atoms with Gasteiger partial charge in [0, 0.05) is 6.04 Å². The normalized spacial score (nSPS) is 20.9. The van der Waals surface area contributed by atoms with Crippen LogP contribution in [0.3, 0.4) is 0 Å². The maximum Gasteiger partial charge on any atom is 0.237 e. The SMILES string of the molecule is CC(C)(C)[C@H](N)C(=O)NC1CCCC1. The minimum Gasteiger partial charge on any atom is -0.352 e. The molecule has 0 radical (unpaired) electrons. The Labute approximate surface area is 86.4 Å². The molecule has 1 amide bonds. The van der Waals surface area contributed by atoms with E-state index in [1.54, 1.807) is 0 Å². The van der Waals surface area contributed by atoms with Gasteiger partial charge in [-0.3, -0.25) is 4.79 Å². The van der Waals surface area contributed by atoms with E-state index in [1.807, 2.05) is 20.8 Å². The Morgan fingerprint density at radius 1 is 1.36 bits per heavy atom. The molecule has 0 bridgehead atoms. The van der Waals surface area contributed by atoms with Crippen molar-refractivity contribution in [2.75, 3.05) is 0 Å². The first-order chi connectivity index (χ1) is 6.41. The summed E-state index contributed by atoms with van der Waals surface area (Å²) in [7, 11) is 0. The number of nitrogens with one attached hydrogen (secondary N) is 1. The molecule has 0 saturated heterocycles. The maximum atomic E-state index is 11.7. The van der Waals surface area contributed by atoms with Gasteiger partial charge in [-0.15, -0.1) is 0 Å². The number of hydrogen-bond acceptors (Lipinski definition) is 2. The third-order valence-electron chi connectivity index (χ3n) is 2.92. The zero-order chi connectivity index (χ0) is 10.8. The van der Waals surface area contributed by atoms with Gasteiger partial charge in [-0.1, -0.05) is 33.6 Å². The van der Waals surface area contributed by atoms with Crippen molar-refractivity contribution in [3.63, 3.8) is 0 Å². The molecule has 3 nitrogen and oxygen atoms in total. The van der Waals surface area contributed by atoms with Gasteiger partial charge in [0.05, 0.1) is 6.04 Å². The van der Waals surface area contributed by atoms with Crippen LogP contribution in [-0.4, -0.2) is 18.0 Å². The van der Waals surface area contributed by atoms with E-state index in [-0.39, 0.29) is 11.3 Å². The molecule has 82 valence electrons. The Kier molecular flexibility index (Phi) is 3.53. The molecule has 1 fully saturated rings. The number of carbonyl (C=O) groups excluding carboxylic acids is 1. The fraction of sp³-hybridized carbons (Fsp3) is 0.909. The van der Waals surface area contributed by atoms with Crippen molar-refractivity contribution in [2.45, 2.75) is 58.5 Å². The molecule has 1 aliphatic rings. The van der Waals surface area contributed by atoms with E-state index in [9.17, 15) is 4.79 Å². The van der Waals surface area contributed by atoms with Crippen molar-refractivity contribution in [1.82, 2.24) is 5.32 Å². The van der Waals surface area contributed by atoms with Gasteiger partial charge in [-0.2, -0.15) is 0 Å². The lowest BCUT2D eigenvalue weighted by atomic mass is 9.87. The second-order valence-electron chi connectivity index (χ2n) is 5.33. The number of hydrogen-bond donors (Lipinski definition) is 2. The van der Waals surface area contributed by atoms with Crippen LogP contribution < -0.4 is 11.1 Å². The van der Waals surface area contributed by atoms with Gasteiger partial charge in [0.25, 0.3) is 0 Å². The highest BCUT2D eigenvalue weighted by molar-refractivity contribution is 5.82. The molecule has 0 spiro atoms. The third-order valence-corrected chi connectivity index (χ3v) is 2.92. The van der Waals surface area contributed by atoms with Crippen LogP contribution in [-0.2, 0) is 4.79 Å². The van der Waals surface area contributed by atoms with Gasteiger partial charge >= 0.3 is 0 Å². The molecule has 1 aliphatic carbocycles. The van der Waals surface area contributed by atoms with E-state index in [2.05, 4.69) is 5.32 Å². The van der Waals surface area contributed by atoms with Crippen molar-refractivity contribution in [2.24, 2.45) is 11.1 Å². The Morgan fingerprint density at radius 3 is 2.29 bits per heavy atom. The van der Waals surface area contributed by atoms with Crippen molar-refractivity contribution in [3.05, 3.63) is 0 Å². The van der Waals surface area contributed by atoms with E-state index in [4.69, 9.17) is 5.73 Å². The minimum atomic E-state index is -0.400. The highest BCUT2D eigenvalue weighted by Gasteiger charge is 2.29. The highest BCUT2D eigenvalue weighted by atomic mass is 16.2. The molecule has 1 rings (SSSR count). The van der Waals surface area contributed by atoms with Crippen LogP contribution in [0.4, 0.5) is 0 Å². The summed E-state index contributed by atoms with van der Waals surface area (Å²) in [4.78, 5) is 11.7. The second kappa shape index (κ2) is 4.30. The predicted octanol–water partition coefficient (Wildman–Crippen LogP) is 1.42. The van der Waals surface area contributed by atoms with Gasteiger partial charge in [-0.05, 0) is 18.3 Å². The summed E-state index contributed by atoms with van der Waals surface area (Å²) in [5.74, 6) is 0.00407. The Hall–Kier alpha value is -0.570. The number of rotatable bonds is 2. The van der Waals surface area contributed by atoms with Gasteiger partial charge in [-0.25, -0.2) is 0 Å². The summed E-state index contributed by atoms with van der Waals surface area (Å²) >= 11 is 0. The van der Waals surface area contributed by atoms with Crippen molar-refractivity contribution in [1.29, 1.82) is 0 Å². The fourth-order valence-electron chi connectivity index (χ4n) is 1.75. The van der Waals surface area contributed by atoms with Crippen molar-refractivity contribution in [3.8, 4) is 0 Å². The molecule has 1 saturated carbocycles. The molecule has 0 aliphatic heterocycles. The molecule has 0 aromatic rings. The molecule has 0 aromatic heterocycles. The molecule has 3 N–H and O–H groups in total. The Bertz CT molecular complexity index is 202. The smallest absolute Gasteiger partial charge is 0.237 e. The molecule has 0 aromatic carbocycles. The average molecular weight is 198 g/mol. The lowest BCUT2D eigenvalue weighted by Gasteiger charge is -2.27. The van der Waals surface area contributed by atoms with E-state index in [0.717, 1.165) is 12.8 Å². The predicted molar refractivity (Wildman–Crippen MR) is 57.8 cm³/mol. The summed E-state index contributed by atoms with van der Waals surface area (Å²) in [6.07, 6.45) is 4.69. The van der Waals surface area contributed by atoms with E-state index in [1.165, 1.54) is 12.8 Å². The number of carbonyl (C=O) groups is 1. The van der Waals surface area contributed by atoms with Crippen LogP contribution in [0.5, 0.6) is 0 Å². The van der Waals surface area contributed by atoms with Gasteiger partial charge < -0.3 is 11.1 Å². The number of nitrogens with two attached hydrogens (primary N) is 1. The lowest BCUT2D eigenvalue weighted by molar-refractivity contribution is -0.125. The number of amides is 1. The molecular formula is C11H22N2O. The zero-order valence-corrected chi connectivity index (χ0v) is 9.47. The second-order valence-corrected chi connectivity index (χ2v) is 5.33. The summed E-state index contributed by atoms with van der Waals surface area (Å²) in [6.45, 7) is 5.98. The Morgan fingerprint density at radius 2 is 1.86 bits per heavy atom. The van der Waals surface area contributed by atoms with Crippen molar-refractivity contribution >= 4 is 5.91 Å². The zero-order valence-electron chi connectivity index (χ0n) is 9.47. The first-order valence-electron chi connectivity index (χ1n) is 5.47. The summed E-state index contributed by atoms with van der Waals surface area (Å²) in [5.41, 5.74) is 5.71. The monoisotopic (exact) mass is 198 g/mol. The molecule has 1 atom stereocenters. The van der Waals surface area contributed by atoms with Gasteiger partial charge in [0.15, 0.2) is 0 Å². The van der Waals surface area contributed by atoms with Crippen LogP contribution in [0.25, 0.3) is 0 Å².